The molecule has 5 rings (SSSR count). The lowest BCUT2D eigenvalue weighted by Gasteiger charge is -2.34. The highest BCUT2D eigenvalue weighted by molar-refractivity contribution is 5.89. The fourth-order valence-electron chi connectivity index (χ4n) is 4.55. The summed E-state index contributed by atoms with van der Waals surface area (Å²) in [7, 11) is 0. The quantitative estimate of drug-likeness (QED) is 0.202. The van der Waals surface area contributed by atoms with Crippen molar-refractivity contribution in [3.8, 4) is 5.88 Å². The van der Waals surface area contributed by atoms with Gasteiger partial charge in [-0.05, 0) is 36.5 Å². The van der Waals surface area contributed by atoms with Gasteiger partial charge in [-0.15, -0.1) is 5.10 Å². The molecule has 2 aromatic heterocycles. The number of aromatic nitrogens is 3. The zero-order chi connectivity index (χ0) is 28.9. The molecule has 0 aliphatic carbocycles. The van der Waals surface area contributed by atoms with Crippen LogP contribution in [0.15, 0.2) is 97.3 Å². The van der Waals surface area contributed by atoms with E-state index >= 15 is 0 Å². The van der Waals surface area contributed by atoms with Gasteiger partial charge in [-0.1, -0.05) is 60.7 Å². The number of aliphatic carboxylic acids is 2. The van der Waals surface area contributed by atoms with Crippen LogP contribution in [-0.4, -0.2) is 74.0 Å². The van der Waals surface area contributed by atoms with E-state index in [2.05, 4.69) is 75.6 Å². The first kappa shape index (κ1) is 29.4. The van der Waals surface area contributed by atoms with E-state index in [-0.39, 0.29) is 12.2 Å². The summed E-state index contributed by atoms with van der Waals surface area (Å²) in [6, 6.07) is 24.9. The fraction of sp³-hybridized carbons (Fsp3) is 0.290. The number of imidazole rings is 1. The van der Waals surface area contributed by atoms with Crippen molar-refractivity contribution in [2.45, 2.75) is 31.5 Å². The molecular weight excluding hydrogens is 524 g/mol. The average Bonchev–Trinajstić information content (AvgIpc) is 3.47. The monoisotopic (exact) mass is 558 g/mol. The minimum absolute atomic E-state index is 0.0160. The standard InChI is InChI=1S/C27H30N4O2.C4H4O4/c1-3-8-22(9-4-1)27(23-10-5-2-6-11-23)33-24-14-18-30(19-15-24)17-7-21-32-26-13-12-25-28-16-20-31(25)29-26;5-3(6)1-2-4(7)8/h1-6,8-13,16,20,24,27H,7,14-15,17-19,21H2;1-2H,(H,5,6)(H,7,8)/b;2-1+. The number of carboxylic acid groups (broad SMARTS) is 2. The molecule has 1 fully saturated rings. The van der Waals surface area contributed by atoms with Crippen molar-refractivity contribution in [1.82, 2.24) is 19.5 Å². The van der Waals surface area contributed by atoms with E-state index in [0.717, 1.165) is 44.5 Å². The minimum Gasteiger partial charge on any atom is -0.478 e. The van der Waals surface area contributed by atoms with Gasteiger partial charge in [0, 0.05) is 50.2 Å². The summed E-state index contributed by atoms with van der Waals surface area (Å²) >= 11 is 0. The maximum absolute atomic E-state index is 9.55. The Kier molecular flexibility index (Phi) is 11.0. The van der Waals surface area contributed by atoms with E-state index in [1.165, 1.54) is 11.1 Å². The van der Waals surface area contributed by atoms with Crippen molar-refractivity contribution in [3.63, 3.8) is 0 Å². The molecule has 214 valence electrons. The van der Waals surface area contributed by atoms with E-state index in [9.17, 15) is 9.59 Å². The van der Waals surface area contributed by atoms with Crippen LogP contribution in [0.1, 0.15) is 36.5 Å². The Hall–Kier alpha value is -4.54. The molecule has 0 saturated carbocycles. The van der Waals surface area contributed by atoms with E-state index in [1.807, 2.05) is 18.3 Å². The number of nitrogens with zero attached hydrogens (tertiary/aromatic N) is 4. The predicted molar refractivity (Wildman–Crippen MR) is 153 cm³/mol. The highest BCUT2D eigenvalue weighted by atomic mass is 16.5. The fourth-order valence-corrected chi connectivity index (χ4v) is 4.55. The molecule has 2 aromatic carbocycles. The molecule has 3 heterocycles. The SMILES string of the molecule is O=C(O)/C=C/C(=O)O.c1ccc(C(OC2CCN(CCCOc3ccc4nccn4n3)CC2)c2ccccc2)cc1. The number of likely N-dealkylation sites (tertiary alicyclic amines) is 1. The summed E-state index contributed by atoms with van der Waals surface area (Å²) in [4.78, 5) is 25.8. The Balaban J connectivity index is 0.000000426. The number of carbonyl (C=O) groups is 2. The van der Waals surface area contributed by atoms with E-state index in [0.29, 0.717) is 24.6 Å². The van der Waals surface area contributed by atoms with Crippen molar-refractivity contribution < 1.29 is 29.3 Å². The first-order valence-corrected chi connectivity index (χ1v) is 13.5. The molecule has 1 aliphatic heterocycles. The van der Waals surface area contributed by atoms with Gasteiger partial charge in [0.15, 0.2) is 5.65 Å². The number of carboxylic acids is 2. The van der Waals surface area contributed by atoms with Gasteiger partial charge >= 0.3 is 11.9 Å². The Bertz CT molecular complexity index is 1350. The van der Waals surface area contributed by atoms with Crippen LogP contribution in [0, 0.1) is 0 Å². The Morgan fingerprint density at radius 3 is 2.10 bits per heavy atom. The third-order valence-electron chi connectivity index (χ3n) is 6.54. The molecule has 1 aliphatic rings. The first-order valence-electron chi connectivity index (χ1n) is 13.5. The molecule has 0 atom stereocenters. The maximum Gasteiger partial charge on any atom is 0.328 e. The molecule has 1 saturated heterocycles. The molecule has 41 heavy (non-hydrogen) atoms. The second kappa shape index (κ2) is 15.3. The van der Waals surface area contributed by atoms with Crippen molar-refractivity contribution >= 4 is 17.6 Å². The van der Waals surface area contributed by atoms with Crippen LogP contribution < -0.4 is 4.74 Å². The molecule has 4 aromatic rings. The van der Waals surface area contributed by atoms with E-state index in [4.69, 9.17) is 19.7 Å². The molecule has 0 amide bonds. The second-order valence-corrected chi connectivity index (χ2v) is 9.49. The number of rotatable bonds is 11. The number of hydrogen-bond acceptors (Lipinski definition) is 7. The Labute approximate surface area is 238 Å². The molecule has 0 unspecified atom stereocenters. The molecule has 0 radical (unpaired) electrons. The van der Waals surface area contributed by atoms with Crippen LogP contribution in [0.4, 0.5) is 0 Å². The van der Waals surface area contributed by atoms with Crippen LogP contribution >= 0.6 is 0 Å². The Morgan fingerprint density at radius 1 is 0.902 bits per heavy atom. The molecule has 10 nitrogen and oxygen atoms in total. The third-order valence-corrected chi connectivity index (χ3v) is 6.54. The summed E-state index contributed by atoms with van der Waals surface area (Å²) in [5, 5.41) is 20.0. The number of ether oxygens (including phenoxy) is 2. The molecule has 10 heteroatoms. The van der Waals surface area contributed by atoms with Crippen LogP contribution in [-0.2, 0) is 14.3 Å². The van der Waals surface area contributed by atoms with E-state index in [1.54, 1.807) is 10.7 Å². The van der Waals surface area contributed by atoms with Crippen LogP contribution in [0.3, 0.4) is 0 Å². The van der Waals surface area contributed by atoms with Gasteiger partial charge in [0.05, 0.1) is 12.7 Å². The highest BCUT2D eigenvalue weighted by Gasteiger charge is 2.24. The van der Waals surface area contributed by atoms with Crippen molar-refractivity contribution in [3.05, 3.63) is 108 Å². The second-order valence-electron chi connectivity index (χ2n) is 9.49. The van der Waals surface area contributed by atoms with Crippen molar-refractivity contribution in [2.75, 3.05) is 26.2 Å². The zero-order valence-corrected chi connectivity index (χ0v) is 22.7. The summed E-state index contributed by atoms with van der Waals surface area (Å²) in [5.74, 6) is -1.87. The number of piperidine rings is 1. The van der Waals surface area contributed by atoms with Gasteiger partial charge in [-0.25, -0.2) is 19.1 Å². The van der Waals surface area contributed by atoms with Crippen LogP contribution in [0.5, 0.6) is 5.88 Å². The highest BCUT2D eigenvalue weighted by Crippen LogP contribution is 2.30. The molecular formula is C31H34N4O6. The first-order chi connectivity index (χ1) is 20.0. The number of benzene rings is 2. The molecule has 0 spiro atoms. The topological polar surface area (TPSA) is 126 Å². The largest absolute Gasteiger partial charge is 0.478 e. The van der Waals surface area contributed by atoms with Gasteiger partial charge in [-0.3, -0.25) is 0 Å². The Morgan fingerprint density at radius 2 is 1.51 bits per heavy atom. The average molecular weight is 559 g/mol. The number of fused-ring (bicyclic) bond motifs is 1. The summed E-state index contributed by atoms with van der Waals surface area (Å²) in [6.07, 6.45) is 8.02. The summed E-state index contributed by atoms with van der Waals surface area (Å²) < 4.78 is 14.2. The normalized spacial score (nSPS) is 14.2. The van der Waals surface area contributed by atoms with Crippen molar-refractivity contribution in [2.24, 2.45) is 0 Å². The predicted octanol–water partition coefficient (Wildman–Crippen LogP) is 4.48. The lowest BCUT2D eigenvalue weighted by molar-refractivity contribution is -0.134. The van der Waals surface area contributed by atoms with Crippen LogP contribution in [0.25, 0.3) is 5.65 Å². The summed E-state index contributed by atoms with van der Waals surface area (Å²) in [6.45, 7) is 3.80. The summed E-state index contributed by atoms with van der Waals surface area (Å²) in [5.41, 5.74) is 3.26. The maximum atomic E-state index is 9.55. The number of hydrogen-bond donors (Lipinski definition) is 2. The van der Waals surface area contributed by atoms with Gasteiger partial charge < -0.3 is 24.6 Å². The third kappa shape index (κ3) is 9.55. The zero-order valence-electron chi connectivity index (χ0n) is 22.7. The smallest absolute Gasteiger partial charge is 0.328 e. The lowest BCUT2D eigenvalue weighted by atomic mass is 10.00. The molecule has 0 bridgehead atoms. The molecule has 2 N–H and O–H groups in total. The van der Waals surface area contributed by atoms with Gasteiger partial charge in [0.2, 0.25) is 5.88 Å². The van der Waals surface area contributed by atoms with Gasteiger partial charge in [-0.2, -0.15) is 0 Å². The lowest BCUT2D eigenvalue weighted by Crippen LogP contribution is -2.38. The van der Waals surface area contributed by atoms with Gasteiger partial charge in [0.1, 0.15) is 6.10 Å². The van der Waals surface area contributed by atoms with Crippen LogP contribution in [0.2, 0.25) is 0 Å². The van der Waals surface area contributed by atoms with Crippen molar-refractivity contribution in [1.29, 1.82) is 0 Å². The minimum atomic E-state index is -1.26. The van der Waals surface area contributed by atoms with E-state index < -0.39 is 11.9 Å². The van der Waals surface area contributed by atoms with Gasteiger partial charge in [0.25, 0.3) is 0 Å².